The van der Waals surface area contributed by atoms with Gasteiger partial charge in [0.1, 0.15) is 5.82 Å². The number of nitrogens with zero attached hydrogens (tertiary/aromatic N) is 2. The number of hydrogen-bond donors (Lipinski definition) is 1. The van der Waals surface area contributed by atoms with Crippen LogP contribution in [-0.2, 0) is 11.3 Å². The molecule has 1 aromatic heterocycles. The summed E-state index contributed by atoms with van der Waals surface area (Å²) in [5.41, 5.74) is 0.970. The van der Waals surface area contributed by atoms with Gasteiger partial charge < -0.3 is 9.67 Å². The lowest BCUT2D eigenvalue weighted by Gasteiger charge is -2.25. The number of hydrogen-bond acceptors (Lipinski definition) is 2. The fourth-order valence-corrected chi connectivity index (χ4v) is 2.13. The highest BCUT2D eigenvalue weighted by Gasteiger charge is 2.29. The highest BCUT2D eigenvalue weighted by atomic mass is 35.5. The molecule has 0 aromatic carbocycles. The van der Waals surface area contributed by atoms with Crippen LogP contribution in [0.2, 0.25) is 0 Å². The van der Waals surface area contributed by atoms with Crippen LogP contribution in [0, 0.1) is 12.8 Å². The van der Waals surface area contributed by atoms with Crippen molar-refractivity contribution in [1.29, 1.82) is 0 Å². The predicted molar refractivity (Wildman–Crippen MR) is 58.4 cm³/mol. The van der Waals surface area contributed by atoms with E-state index in [0.717, 1.165) is 11.5 Å². The van der Waals surface area contributed by atoms with Crippen LogP contribution in [0.3, 0.4) is 0 Å². The molecule has 0 radical (unpaired) electrons. The van der Waals surface area contributed by atoms with Crippen molar-refractivity contribution in [3.63, 3.8) is 0 Å². The first-order valence-electron chi connectivity index (χ1n) is 4.84. The Labute approximate surface area is 94.7 Å². The third-order valence-electron chi connectivity index (χ3n) is 2.77. The zero-order valence-corrected chi connectivity index (χ0v) is 9.62. The Morgan fingerprint density at radius 3 is 2.93 bits per heavy atom. The molecule has 0 spiro atoms. The van der Waals surface area contributed by atoms with Crippen LogP contribution in [0.1, 0.15) is 30.8 Å². The van der Waals surface area contributed by atoms with E-state index in [2.05, 4.69) is 4.98 Å². The van der Waals surface area contributed by atoms with Gasteiger partial charge in [-0.1, -0.05) is 6.92 Å². The first-order valence-corrected chi connectivity index (χ1v) is 4.84. The molecule has 0 saturated carbocycles. The van der Waals surface area contributed by atoms with Crippen molar-refractivity contribution in [3.05, 3.63) is 17.7 Å². The molecule has 2 atom stereocenters. The number of carboxylic acids is 1. The quantitative estimate of drug-likeness (QED) is 0.801. The fraction of sp³-hybridized carbons (Fsp3) is 0.600. The summed E-state index contributed by atoms with van der Waals surface area (Å²) in [6, 6.07) is 0. The van der Waals surface area contributed by atoms with Gasteiger partial charge in [0.2, 0.25) is 0 Å². The van der Waals surface area contributed by atoms with Crippen molar-refractivity contribution in [1.82, 2.24) is 9.55 Å². The second kappa shape index (κ2) is 4.23. The SMILES string of the molecule is Cc1cn2c(n1)C(C)CC(C(=O)O)C2.Cl. The third kappa shape index (κ3) is 2.15. The summed E-state index contributed by atoms with van der Waals surface area (Å²) in [5.74, 6) is 0.318. The molecule has 5 heteroatoms. The van der Waals surface area contributed by atoms with Crippen LogP contribution < -0.4 is 0 Å². The Kier molecular flexibility index (Phi) is 3.39. The number of fused-ring (bicyclic) bond motifs is 1. The van der Waals surface area contributed by atoms with Crippen molar-refractivity contribution in [3.8, 4) is 0 Å². The second-order valence-electron chi connectivity index (χ2n) is 4.06. The van der Waals surface area contributed by atoms with E-state index in [1.165, 1.54) is 0 Å². The summed E-state index contributed by atoms with van der Waals surface area (Å²) in [6.45, 7) is 4.54. The van der Waals surface area contributed by atoms with Crippen LogP contribution >= 0.6 is 12.4 Å². The van der Waals surface area contributed by atoms with Crippen molar-refractivity contribution in [2.24, 2.45) is 5.92 Å². The van der Waals surface area contributed by atoms with Crippen molar-refractivity contribution in [2.45, 2.75) is 32.7 Å². The molecule has 2 unspecified atom stereocenters. The van der Waals surface area contributed by atoms with Crippen LogP contribution in [-0.4, -0.2) is 20.6 Å². The van der Waals surface area contributed by atoms with Crippen molar-refractivity contribution < 1.29 is 9.90 Å². The monoisotopic (exact) mass is 230 g/mol. The smallest absolute Gasteiger partial charge is 0.308 e. The molecule has 2 heterocycles. The maximum Gasteiger partial charge on any atom is 0.308 e. The van der Waals surface area contributed by atoms with Gasteiger partial charge in [-0.25, -0.2) is 4.98 Å². The average molecular weight is 231 g/mol. The molecule has 0 amide bonds. The van der Waals surface area contributed by atoms with Gasteiger partial charge in [0.25, 0.3) is 0 Å². The van der Waals surface area contributed by atoms with Gasteiger partial charge in [-0.3, -0.25) is 4.79 Å². The van der Waals surface area contributed by atoms with Crippen molar-refractivity contribution >= 4 is 18.4 Å². The number of imidazole rings is 1. The summed E-state index contributed by atoms with van der Waals surface area (Å²) < 4.78 is 1.97. The van der Waals surface area contributed by atoms with E-state index in [9.17, 15) is 4.79 Å². The third-order valence-corrected chi connectivity index (χ3v) is 2.77. The first-order chi connectivity index (χ1) is 6.58. The Bertz CT molecular complexity index is 375. The zero-order valence-electron chi connectivity index (χ0n) is 8.80. The minimum Gasteiger partial charge on any atom is -0.481 e. The first kappa shape index (κ1) is 12.0. The largest absolute Gasteiger partial charge is 0.481 e. The Hall–Kier alpha value is -1.03. The van der Waals surface area contributed by atoms with E-state index in [0.29, 0.717) is 13.0 Å². The predicted octanol–water partition coefficient (Wildman–Crippen LogP) is 1.82. The highest BCUT2D eigenvalue weighted by molar-refractivity contribution is 5.85. The van der Waals surface area contributed by atoms with Crippen LogP contribution in [0.15, 0.2) is 6.20 Å². The van der Waals surface area contributed by atoms with Gasteiger partial charge in [0.15, 0.2) is 0 Å². The number of aromatic nitrogens is 2. The van der Waals surface area contributed by atoms with E-state index in [1.807, 2.05) is 24.6 Å². The number of rotatable bonds is 1. The Morgan fingerprint density at radius 1 is 1.67 bits per heavy atom. The fourth-order valence-electron chi connectivity index (χ4n) is 2.13. The molecule has 0 saturated heterocycles. The maximum absolute atomic E-state index is 10.9. The molecule has 0 fully saturated rings. The molecule has 1 aromatic rings. The van der Waals surface area contributed by atoms with Gasteiger partial charge >= 0.3 is 5.97 Å². The average Bonchev–Trinajstić information content (AvgIpc) is 2.45. The standard InChI is InChI=1S/C10H14N2O2.ClH/c1-6-3-8(10(13)14)5-12-4-7(2)11-9(6)12;/h4,6,8H,3,5H2,1-2H3,(H,13,14);1H. The topological polar surface area (TPSA) is 55.1 Å². The van der Waals surface area contributed by atoms with Gasteiger partial charge in [0.05, 0.1) is 11.6 Å². The van der Waals surface area contributed by atoms with E-state index in [4.69, 9.17) is 5.11 Å². The summed E-state index contributed by atoms with van der Waals surface area (Å²) in [4.78, 5) is 15.3. The zero-order chi connectivity index (χ0) is 10.3. The number of aliphatic carboxylic acids is 1. The van der Waals surface area contributed by atoms with Gasteiger partial charge in [0, 0.05) is 18.7 Å². The summed E-state index contributed by atoms with van der Waals surface area (Å²) in [7, 11) is 0. The molecule has 15 heavy (non-hydrogen) atoms. The Morgan fingerprint density at radius 2 is 2.33 bits per heavy atom. The minimum absolute atomic E-state index is 0. The lowest BCUT2D eigenvalue weighted by atomic mass is 9.92. The highest BCUT2D eigenvalue weighted by Crippen LogP contribution is 2.29. The molecule has 2 rings (SSSR count). The normalized spacial score (nSPS) is 24.1. The van der Waals surface area contributed by atoms with Crippen LogP contribution in [0.5, 0.6) is 0 Å². The number of halogens is 1. The molecule has 1 aliphatic rings. The second-order valence-corrected chi connectivity index (χ2v) is 4.06. The van der Waals surface area contributed by atoms with Crippen molar-refractivity contribution in [2.75, 3.05) is 0 Å². The molecule has 0 bridgehead atoms. The maximum atomic E-state index is 10.9. The molecular weight excluding hydrogens is 216 g/mol. The summed E-state index contributed by atoms with van der Waals surface area (Å²) in [6.07, 6.45) is 2.63. The number of aryl methyl sites for hydroxylation is 1. The number of carboxylic acid groups (broad SMARTS) is 1. The number of carbonyl (C=O) groups is 1. The lowest BCUT2D eigenvalue weighted by molar-refractivity contribution is -0.143. The lowest BCUT2D eigenvalue weighted by Crippen LogP contribution is -2.28. The van der Waals surface area contributed by atoms with Crippen LogP contribution in [0.4, 0.5) is 0 Å². The molecule has 0 aliphatic carbocycles. The van der Waals surface area contributed by atoms with E-state index in [1.54, 1.807) is 0 Å². The summed E-state index contributed by atoms with van der Waals surface area (Å²) >= 11 is 0. The van der Waals surface area contributed by atoms with Gasteiger partial charge in [-0.2, -0.15) is 0 Å². The molecule has 4 nitrogen and oxygen atoms in total. The molecular formula is C10H15ClN2O2. The molecule has 84 valence electrons. The van der Waals surface area contributed by atoms with E-state index < -0.39 is 5.97 Å². The summed E-state index contributed by atoms with van der Waals surface area (Å²) in [5, 5.41) is 8.95. The molecule has 1 aliphatic heterocycles. The van der Waals surface area contributed by atoms with Gasteiger partial charge in [-0.15, -0.1) is 12.4 Å². The minimum atomic E-state index is -0.700. The van der Waals surface area contributed by atoms with E-state index >= 15 is 0 Å². The van der Waals surface area contributed by atoms with E-state index in [-0.39, 0.29) is 24.2 Å². The Balaban J connectivity index is 0.00000112. The molecule has 1 N–H and O–H groups in total. The van der Waals surface area contributed by atoms with Crippen LogP contribution in [0.25, 0.3) is 0 Å². The van der Waals surface area contributed by atoms with Gasteiger partial charge in [-0.05, 0) is 13.3 Å².